The third kappa shape index (κ3) is 1.54. The molecular weight excluding hydrogens is 192 g/mol. The van der Waals surface area contributed by atoms with Crippen molar-refractivity contribution in [1.82, 2.24) is 4.98 Å². The summed E-state index contributed by atoms with van der Waals surface area (Å²) in [6, 6.07) is 3.42. The lowest BCUT2D eigenvalue weighted by molar-refractivity contribution is -0.141. The number of carboxylic acid groups (broad SMARTS) is 1. The van der Waals surface area contributed by atoms with Gasteiger partial charge in [-0.3, -0.25) is 14.8 Å². The number of nitrogens with zero attached hydrogens (tertiary/aromatic N) is 2. The van der Waals surface area contributed by atoms with E-state index in [1.807, 2.05) is 0 Å². The maximum Gasteiger partial charge on any atom is 0.319 e. The van der Waals surface area contributed by atoms with Crippen LogP contribution in [0.3, 0.4) is 0 Å². The Kier molecular flexibility index (Phi) is 2.33. The molecule has 1 unspecified atom stereocenters. The number of carbonyl (C=O) groups is 1. The monoisotopic (exact) mass is 202 g/mol. The highest BCUT2D eigenvalue weighted by molar-refractivity contribution is 5.88. The number of hydrogen-bond acceptors (Lipinski definition) is 3. The maximum atomic E-state index is 11.3. The Morgan fingerprint density at radius 2 is 2.13 bits per heavy atom. The van der Waals surface area contributed by atoms with Crippen molar-refractivity contribution in [3.8, 4) is 0 Å². The summed E-state index contributed by atoms with van der Waals surface area (Å²) in [6.45, 7) is 0.239. The minimum atomic E-state index is -1.03. The van der Waals surface area contributed by atoms with E-state index in [1.165, 1.54) is 0 Å². The summed E-state index contributed by atoms with van der Waals surface area (Å²) < 4.78 is 0. The fourth-order valence-corrected chi connectivity index (χ4v) is 1.62. The third-order valence-electron chi connectivity index (χ3n) is 2.49. The van der Waals surface area contributed by atoms with Crippen LogP contribution in [0.5, 0.6) is 0 Å². The number of pyridine rings is 1. The van der Waals surface area contributed by atoms with Gasteiger partial charge in [0.1, 0.15) is 5.41 Å². The molecule has 2 heterocycles. The van der Waals surface area contributed by atoms with E-state index >= 15 is 0 Å². The van der Waals surface area contributed by atoms with E-state index in [-0.39, 0.29) is 6.54 Å². The molecule has 4 nitrogen and oxygen atoms in total. The molecule has 1 aliphatic heterocycles. The number of rotatable bonds is 2. The lowest BCUT2D eigenvalue weighted by Gasteiger charge is -2.25. The number of allylic oxidation sites excluding steroid dienone is 1. The van der Waals surface area contributed by atoms with Gasteiger partial charge in [-0.05, 0) is 23.8 Å². The second-order valence-electron chi connectivity index (χ2n) is 3.36. The first-order valence-electron chi connectivity index (χ1n) is 4.57. The lowest BCUT2D eigenvalue weighted by Crippen LogP contribution is -2.38. The van der Waals surface area contributed by atoms with Gasteiger partial charge in [-0.15, -0.1) is 0 Å². The maximum absolute atomic E-state index is 11.3. The van der Waals surface area contributed by atoms with Crippen molar-refractivity contribution in [2.75, 3.05) is 6.54 Å². The molecule has 0 saturated carbocycles. The Hall–Kier alpha value is -1.97. The molecule has 1 aromatic heterocycles. The summed E-state index contributed by atoms with van der Waals surface area (Å²) in [5.41, 5.74) is -0.323. The highest BCUT2D eigenvalue weighted by Gasteiger charge is 2.38. The van der Waals surface area contributed by atoms with E-state index in [9.17, 15) is 9.90 Å². The number of carboxylic acids is 1. The van der Waals surface area contributed by atoms with Gasteiger partial charge in [0.15, 0.2) is 0 Å². The van der Waals surface area contributed by atoms with Crippen LogP contribution in [0.15, 0.2) is 41.7 Å². The predicted octanol–water partition coefficient (Wildman–Crippen LogP) is 1.04. The molecule has 0 spiro atoms. The molecule has 1 aliphatic rings. The largest absolute Gasteiger partial charge is 0.480 e. The lowest BCUT2D eigenvalue weighted by atomic mass is 9.80. The Morgan fingerprint density at radius 1 is 1.40 bits per heavy atom. The molecule has 0 saturated heterocycles. The van der Waals surface area contributed by atoms with Crippen LogP contribution in [-0.4, -0.2) is 28.8 Å². The van der Waals surface area contributed by atoms with Gasteiger partial charge in [0.25, 0.3) is 0 Å². The highest BCUT2D eigenvalue weighted by atomic mass is 16.4. The van der Waals surface area contributed by atoms with Gasteiger partial charge >= 0.3 is 5.97 Å². The van der Waals surface area contributed by atoms with E-state index in [0.29, 0.717) is 5.56 Å². The standard InChI is InChI=1S/C11H10N2O2/c14-10(15)11(4-1-5-13-8-11)9-2-6-12-7-3-9/h1-7H,8H2,(H,14,15). The van der Waals surface area contributed by atoms with Gasteiger partial charge in [0.2, 0.25) is 0 Å². The molecule has 0 fully saturated rings. The van der Waals surface area contributed by atoms with Crippen LogP contribution in [0.1, 0.15) is 5.56 Å². The first-order chi connectivity index (χ1) is 7.26. The molecule has 1 N–H and O–H groups in total. The normalized spacial score (nSPS) is 24.0. The zero-order chi connectivity index (χ0) is 10.7. The van der Waals surface area contributed by atoms with Gasteiger partial charge in [0, 0.05) is 18.6 Å². The summed E-state index contributed by atoms with van der Waals surface area (Å²) >= 11 is 0. The van der Waals surface area contributed by atoms with Crippen LogP contribution in [0.25, 0.3) is 0 Å². The molecule has 15 heavy (non-hydrogen) atoms. The van der Waals surface area contributed by atoms with E-state index in [4.69, 9.17) is 0 Å². The summed E-state index contributed by atoms with van der Waals surface area (Å²) in [5, 5.41) is 9.30. The molecule has 0 radical (unpaired) electrons. The Labute approximate surface area is 87.0 Å². The summed E-state index contributed by atoms with van der Waals surface area (Å²) in [7, 11) is 0. The van der Waals surface area contributed by atoms with E-state index in [1.54, 1.807) is 42.9 Å². The van der Waals surface area contributed by atoms with E-state index in [0.717, 1.165) is 0 Å². The second kappa shape index (κ2) is 3.65. The van der Waals surface area contributed by atoms with Gasteiger partial charge in [0.05, 0.1) is 6.54 Å². The number of hydrogen-bond donors (Lipinski definition) is 1. The van der Waals surface area contributed by atoms with Crippen molar-refractivity contribution in [1.29, 1.82) is 0 Å². The topological polar surface area (TPSA) is 62.5 Å². The Morgan fingerprint density at radius 3 is 2.67 bits per heavy atom. The first-order valence-corrected chi connectivity index (χ1v) is 4.57. The van der Waals surface area contributed by atoms with Crippen molar-refractivity contribution >= 4 is 12.2 Å². The van der Waals surface area contributed by atoms with E-state index in [2.05, 4.69) is 9.98 Å². The smallest absolute Gasteiger partial charge is 0.319 e. The van der Waals surface area contributed by atoms with Crippen molar-refractivity contribution in [3.05, 3.63) is 42.2 Å². The molecule has 0 bridgehead atoms. The minimum absolute atomic E-state index is 0.239. The fourth-order valence-electron chi connectivity index (χ4n) is 1.62. The zero-order valence-electron chi connectivity index (χ0n) is 8.00. The van der Waals surface area contributed by atoms with Gasteiger partial charge in [-0.1, -0.05) is 6.08 Å². The molecule has 0 aromatic carbocycles. The number of aromatic nitrogens is 1. The fraction of sp³-hybridized carbons (Fsp3) is 0.182. The zero-order valence-corrected chi connectivity index (χ0v) is 8.00. The number of dihydropyridines is 1. The van der Waals surface area contributed by atoms with Gasteiger partial charge < -0.3 is 5.11 Å². The SMILES string of the molecule is O=C(O)C1(c2ccncc2)C=CC=NC1. The summed E-state index contributed by atoms with van der Waals surface area (Å²) in [4.78, 5) is 19.2. The van der Waals surface area contributed by atoms with Crippen LogP contribution < -0.4 is 0 Å². The molecule has 76 valence electrons. The highest BCUT2D eigenvalue weighted by Crippen LogP contribution is 2.27. The molecule has 1 atom stereocenters. The van der Waals surface area contributed by atoms with Crippen LogP contribution >= 0.6 is 0 Å². The second-order valence-corrected chi connectivity index (χ2v) is 3.36. The van der Waals surface area contributed by atoms with Gasteiger partial charge in [-0.2, -0.15) is 0 Å². The van der Waals surface area contributed by atoms with Crippen LogP contribution in [0, 0.1) is 0 Å². The molecule has 0 aliphatic carbocycles. The third-order valence-corrected chi connectivity index (χ3v) is 2.49. The summed E-state index contributed by atoms with van der Waals surface area (Å²) in [5.74, 6) is -0.887. The number of aliphatic carboxylic acids is 1. The Bertz CT molecular complexity index is 425. The van der Waals surface area contributed by atoms with Crippen molar-refractivity contribution in [2.45, 2.75) is 5.41 Å². The molecule has 1 aromatic rings. The predicted molar refractivity (Wildman–Crippen MR) is 56.0 cm³/mol. The van der Waals surface area contributed by atoms with Crippen LogP contribution in [0.2, 0.25) is 0 Å². The molecule has 2 rings (SSSR count). The minimum Gasteiger partial charge on any atom is -0.480 e. The molecule has 0 amide bonds. The van der Waals surface area contributed by atoms with Crippen LogP contribution in [0.4, 0.5) is 0 Å². The average molecular weight is 202 g/mol. The van der Waals surface area contributed by atoms with Crippen molar-refractivity contribution in [3.63, 3.8) is 0 Å². The van der Waals surface area contributed by atoms with Gasteiger partial charge in [-0.25, -0.2) is 0 Å². The van der Waals surface area contributed by atoms with Crippen molar-refractivity contribution < 1.29 is 9.90 Å². The summed E-state index contributed by atoms with van der Waals surface area (Å²) in [6.07, 6.45) is 8.12. The van der Waals surface area contributed by atoms with Crippen LogP contribution in [-0.2, 0) is 10.2 Å². The quantitative estimate of drug-likeness (QED) is 0.779. The van der Waals surface area contributed by atoms with Crippen molar-refractivity contribution in [2.24, 2.45) is 4.99 Å². The molecule has 4 heteroatoms. The number of aliphatic imine (C=N–C) groups is 1. The van der Waals surface area contributed by atoms with E-state index < -0.39 is 11.4 Å². The average Bonchev–Trinajstić information content (AvgIpc) is 2.31. The Balaban J connectivity index is 2.49. The molecular formula is C11H10N2O2. The first kappa shape index (κ1) is 9.58.